The van der Waals surface area contributed by atoms with Gasteiger partial charge in [0.2, 0.25) is 5.91 Å². The molecule has 6 heteroatoms. The third kappa shape index (κ3) is 3.93. The number of hydrogen-bond donors (Lipinski definition) is 0. The van der Waals surface area contributed by atoms with Gasteiger partial charge in [-0.1, -0.05) is 23.7 Å². The fraction of sp³-hybridized carbons (Fsp3) is 0.421. The van der Waals surface area contributed by atoms with Crippen LogP contribution in [0.4, 0.5) is 0 Å². The minimum Gasteiger partial charge on any atom is -0.338 e. The summed E-state index contributed by atoms with van der Waals surface area (Å²) in [7, 11) is 0. The van der Waals surface area contributed by atoms with E-state index in [-0.39, 0.29) is 24.1 Å². The van der Waals surface area contributed by atoms with E-state index in [1.165, 1.54) is 10.6 Å². The van der Waals surface area contributed by atoms with Gasteiger partial charge in [-0.05, 0) is 45.2 Å². The molecule has 2 heterocycles. The Morgan fingerprint density at radius 1 is 1.32 bits per heavy atom. The molecular weight excluding hydrogens is 338 g/mol. The molecule has 1 aliphatic rings. The second kappa shape index (κ2) is 7.40. The molecule has 2 aromatic rings. The van der Waals surface area contributed by atoms with Gasteiger partial charge in [0.1, 0.15) is 12.4 Å². The first-order valence-corrected chi connectivity index (χ1v) is 8.97. The number of piperidine rings is 1. The van der Waals surface area contributed by atoms with E-state index < -0.39 is 0 Å². The minimum absolute atomic E-state index is 0.00169. The van der Waals surface area contributed by atoms with Crippen LogP contribution in [0.5, 0.6) is 0 Å². The lowest BCUT2D eigenvalue weighted by atomic mass is 10.0. The summed E-state index contributed by atoms with van der Waals surface area (Å²) in [5.41, 5.74) is 1.13. The highest BCUT2D eigenvalue weighted by atomic mass is 35.5. The summed E-state index contributed by atoms with van der Waals surface area (Å²) in [6.45, 7) is 4.58. The molecule has 0 spiro atoms. The zero-order valence-corrected chi connectivity index (χ0v) is 15.3. The number of carbonyl (C=O) groups excluding carboxylic acids is 1. The molecule has 25 heavy (non-hydrogen) atoms. The second-order valence-electron chi connectivity index (χ2n) is 6.59. The number of hydrogen-bond acceptors (Lipinski definition) is 3. The lowest BCUT2D eigenvalue weighted by molar-refractivity contribution is -0.135. The monoisotopic (exact) mass is 359 g/mol. The Kier molecular flexibility index (Phi) is 5.23. The molecule has 0 unspecified atom stereocenters. The number of rotatable bonds is 3. The van der Waals surface area contributed by atoms with Crippen LogP contribution in [0.1, 0.15) is 31.9 Å². The standard InChI is InChI=1S/C19H22ClN3O2/c1-13-10-17(24)23(12-18(25)22-9-4-3-6-14(22)2)19(21-13)15-7-5-8-16(20)11-15/h5,7-8,10-11,14H,3-4,6,9,12H2,1-2H3/t14-/m0/s1. The molecule has 1 aromatic carbocycles. The number of likely N-dealkylation sites (tertiary alicyclic amines) is 1. The summed E-state index contributed by atoms with van der Waals surface area (Å²) in [4.78, 5) is 31.7. The Morgan fingerprint density at radius 2 is 2.12 bits per heavy atom. The van der Waals surface area contributed by atoms with E-state index in [4.69, 9.17) is 11.6 Å². The molecule has 0 bridgehead atoms. The third-order valence-corrected chi connectivity index (χ3v) is 4.87. The highest BCUT2D eigenvalue weighted by Gasteiger charge is 2.24. The van der Waals surface area contributed by atoms with Gasteiger partial charge in [0.15, 0.2) is 0 Å². The molecule has 1 aromatic heterocycles. The molecule has 5 nitrogen and oxygen atoms in total. The molecule has 132 valence electrons. The maximum atomic E-state index is 12.8. The van der Waals surface area contributed by atoms with E-state index in [0.29, 0.717) is 16.5 Å². The largest absolute Gasteiger partial charge is 0.338 e. The van der Waals surface area contributed by atoms with Crippen LogP contribution in [0, 0.1) is 6.92 Å². The van der Waals surface area contributed by atoms with Gasteiger partial charge in [0.05, 0.1) is 0 Å². The van der Waals surface area contributed by atoms with Crippen LogP contribution in [0.25, 0.3) is 11.4 Å². The zero-order chi connectivity index (χ0) is 18.0. The summed E-state index contributed by atoms with van der Waals surface area (Å²) >= 11 is 6.08. The van der Waals surface area contributed by atoms with Crippen molar-refractivity contribution in [3.63, 3.8) is 0 Å². The average molecular weight is 360 g/mol. The third-order valence-electron chi connectivity index (χ3n) is 4.64. The lowest BCUT2D eigenvalue weighted by Crippen LogP contribution is -2.44. The minimum atomic E-state index is -0.222. The van der Waals surface area contributed by atoms with Crippen LogP contribution in [0.2, 0.25) is 5.02 Å². The van der Waals surface area contributed by atoms with E-state index >= 15 is 0 Å². The van der Waals surface area contributed by atoms with Gasteiger partial charge >= 0.3 is 0 Å². The number of halogens is 1. The van der Waals surface area contributed by atoms with E-state index in [0.717, 1.165) is 31.4 Å². The van der Waals surface area contributed by atoms with Gasteiger partial charge in [0.25, 0.3) is 5.56 Å². The first-order valence-electron chi connectivity index (χ1n) is 8.59. The maximum Gasteiger partial charge on any atom is 0.254 e. The van der Waals surface area contributed by atoms with E-state index in [2.05, 4.69) is 11.9 Å². The van der Waals surface area contributed by atoms with Crippen LogP contribution in [-0.2, 0) is 11.3 Å². The maximum absolute atomic E-state index is 12.8. The van der Waals surface area contributed by atoms with Crippen molar-refractivity contribution in [3.05, 3.63) is 51.4 Å². The van der Waals surface area contributed by atoms with E-state index in [9.17, 15) is 9.59 Å². The Hall–Kier alpha value is -2.14. The van der Waals surface area contributed by atoms with Gasteiger partial charge < -0.3 is 4.90 Å². The lowest BCUT2D eigenvalue weighted by Gasteiger charge is -2.33. The number of nitrogens with zero attached hydrogens (tertiary/aromatic N) is 3. The molecule has 0 radical (unpaired) electrons. The summed E-state index contributed by atoms with van der Waals surface area (Å²) in [5, 5.41) is 0.566. The van der Waals surface area contributed by atoms with Crippen molar-refractivity contribution < 1.29 is 4.79 Å². The number of aryl methyl sites for hydroxylation is 1. The van der Waals surface area contributed by atoms with Gasteiger partial charge in [-0.2, -0.15) is 0 Å². The van der Waals surface area contributed by atoms with Gasteiger partial charge in [-0.3, -0.25) is 14.2 Å². The second-order valence-corrected chi connectivity index (χ2v) is 7.02. The van der Waals surface area contributed by atoms with Crippen molar-refractivity contribution in [1.82, 2.24) is 14.5 Å². The van der Waals surface area contributed by atoms with Crippen LogP contribution >= 0.6 is 11.6 Å². The molecule has 1 aliphatic heterocycles. The Bertz CT molecular complexity index is 847. The van der Waals surface area contributed by atoms with Crippen molar-refractivity contribution in [2.75, 3.05) is 6.54 Å². The number of benzene rings is 1. The predicted molar refractivity (Wildman–Crippen MR) is 98.7 cm³/mol. The average Bonchev–Trinajstić information content (AvgIpc) is 2.57. The fourth-order valence-corrected chi connectivity index (χ4v) is 3.51. The predicted octanol–water partition coefficient (Wildman–Crippen LogP) is 3.27. The molecular formula is C19H22ClN3O2. The molecule has 1 saturated heterocycles. The van der Waals surface area contributed by atoms with Crippen LogP contribution in [0.3, 0.4) is 0 Å². The molecule has 1 fully saturated rings. The normalized spacial score (nSPS) is 17.6. The Morgan fingerprint density at radius 3 is 2.84 bits per heavy atom. The molecule has 0 saturated carbocycles. The van der Waals surface area contributed by atoms with Crippen LogP contribution in [-0.4, -0.2) is 32.9 Å². The summed E-state index contributed by atoms with van der Waals surface area (Å²) in [6.07, 6.45) is 3.16. The molecule has 3 rings (SSSR count). The topological polar surface area (TPSA) is 55.2 Å². The fourth-order valence-electron chi connectivity index (χ4n) is 3.32. The van der Waals surface area contributed by atoms with Crippen LogP contribution < -0.4 is 5.56 Å². The summed E-state index contributed by atoms with van der Waals surface area (Å²) in [5.74, 6) is 0.439. The van der Waals surface area contributed by atoms with Gasteiger partial charge in [-0.25, -0.2) is 4.98 Å². The van der Waals surface area contributed by atoms with Crippen molar-refractivity contribution in [2.45, 2.75) is 45.7 Å². The van der Waals surface area contributed by atoms with Crippen molar-refractivity contribution >= 4 is 17.5 Å². The van der Waals surface area contributed by atoms with Crippen molar-refractivity contribution in [3.8, 4) is 11.4 Å². The van der Waals surface area contributed by atoms with Crippen molar-refractivity contribution in [2.24, 2.45) is 0 Å². The number of carbonyl (C=O) groups is 1. The van der Waals surface area contributed by atoms with Gasteiger partial charge in [-0.15, -0.1) is 0 Å². The first-order chi connectivity index (χ1) is 12.0. The number of amides is 1. The number of aromatic nitrogens is 2. The van der Waals surface area contributed by atoms with E-state index in [1.54, 1.807) is 19.1 Å². The smallest absolute Gasteiger partial charge is 0.254 e. The Balaban J connectivity index is 1.98. The van der Waals surface area contributed by atoms with Crippen molar-refractivity contribution in [1.29, 1.82) is 0 Å². The molecule has 1 atom stereocenters. The summed E-state index contributed by atoms with van der Waals surface area (Å²) < 4.78 is 1.45. The Labute approximate surface area is 152 Å². The molecule has 0 N–H and O–H groups in total. The molecule has 1 amide bonds. The first kappa shape index (κ1) is 17.7. The summed E-state index contributed by atoms with van der Waals surface area (Å²) in [6, 6.07) is 8.85. The van der Waals surface area contributed by atoms with Gasteiger partial charge in [0, 0.05) is 34.9 Å². The highest BCUT2D eigenvalue weighted by Crippen LogP contribution is 2.21. The zero-order valence-electron chi connectivity index (χ0n) is 14.5. The SMILES string of the molecule is Cc1cc(=O)n(CC(=O)N2CCCC[C@@H]2C)c(-c2cccc(Cl)c2)n1. The van der Waals surface area contributed by atoms with Crippen LogP contribution in [0.15, 0.2) is 35.1 Å². The quantitative estimate of drug-likeness (QED) is 0.845. The molecule has 0 aliphatic carbocycles. The van der Waals surface area contributed by atoms with E-state index in [1.807, 2.05) is 17.0 Å². The highest BCUT2D eigenvalue weighted by molar-refractivity contribution is 6.30.